The van der Waals surface area contributed by atoms with Crippen LogP contribution in [0.25, 0.3) is 0 Å². The molecule has 2 aromatic rings. The molecule has 0 saturated heterocycles. The van der Waals surface area contributed by atoms with Gasteiger partial charge < -0.3 is 10.6 Å². The van der Waals surface area contributed by atoms with Gasteiger partial charge in [0, 0.05) is 25.2 Å². The van der Waals surface area contributed by atoms with Gasteiger partial charge in [0.15, 0.2) is 0 Å². The van der Waals surface area contributed by atoms with E-state index in [1.54, 1.807) is 0 Å². The van der Waals surface area contributed by atoms with Gasteiger partial charge in [-0.25, -0.2) is 4.98 Å². The Morgan fingerprint density at radius 1 is 1.20 bits per heavy atom. The molecule has 0 saturated carbocycles. The van der Waals surface area contributed by atoms with Gasteiger partial charge in [-0.15, -0.1) is 0 Å². The third-order valence-electron chi connectivity index (χ3n) is 3.52. The van der Waals surface area contributed by atoms with E-state index in [1.165, 1.54) is 44.3 Å². The molecule has 0 aliphatic carbocycles. The highest BCUT2D eigenvalue weighted by Crippen LogP contribution is 2.32. The van der Waals surface area contributed by atoms with E-state index in [1.807, 2.05) is 0 Å². The van der Waals surface area contributed by atoms with Crippen LogP contribution in [0.5, 0.6) is 0 Å². The van der Waals surface area contributed by atoms with Crippen LogP contribution < -0.4 is 10.6 Å². The molecular formula is C17H16F3N3O2. The van der Waals surface area contributed by atoms with E-state index in [9.17, 15) is 22.8 Å². The van der Waals surface area contributed by atoms with Crippen molar-refractivity contribution in [3.8, 4) is 0 Å². The molecule has 132 valence electrons. The average molecular weight is 351 g/mol. The van der Waals surface area contributed by atoms with E-state index in [-0.39, 0.29) is 29.4 Å². The van der Waals surface area contributed by atoms with Crippen LogP contribution in [0.4, 0.5) is 19.0 Å². The zero-order valence-corrected chi connectivity index (χ0v) is 13.6. The topological polar surface area (TPSA) is 71.1 Å². The predicted octanol–water partition coefficient (Wildman–Crippen LogP) is 3.30. The number of carbonyl (C=O) groups is 2. The maximum absolute atomic E-state index is 12.9. The summed E-state index contributed by atoms with van der Waals surface area (Å²) in [5.74, 6) is -0.592. The van der Waals surface area contributed by atoms with Gasteiger partial charge >= 0.3 is 6.18 Å². The summed E-state index contributed by atoms with van der Waals surface area (Å²) in [7, 11) is 0. The third-order valence-corrected chi connectivity index (χ3v) is 3.52. The van der Waals surface area contributed by atoms with Crippen LogP contribution in [0.15, 0.2) is 36.5 Å². The fraction of sp³-hybridized carbons (Fsp3) is 0.235. The predicted molar refractivity (Wildman–Crippen MR) is 85.9 cm³/mol. The molecule has 0 spiro atoms. The Bertz CT molecular complexity index is 804. The molecule has 2 rings (SSSR count). The number of amides is 2. The van der Waals surface area contributed by atoms with E-state index in [0.29, 0.717) is 5.56 Å². The van der Waals surface area contributed by atoms with Crippen molar-refractivity contribution in [2.24, 2.45) is 0 Å². The molecule has 0 atom stereocenters. The Hall–Kier alpha value is -2.90. The Morgan fingerprint density at radius 2 is 1.92 bits per heavy atom. The first-order valence-electron chi connectivity index (χ1n) is 7.36. The number of anilines is 1. The first-order chi connectivity index (χ1) is 11.7. The van der Waals surface area contributed by atoms with Crippen LogP contribution in [0.3, 0.4) is 0 Å². The molecule has 1 aromatic carbocycles. The fourth-order valence-electron chi connectivity index (χ4n) is 2.28. The number of aromatic nitrogens is 1. The van der Waals surface area contributed by atoms with Crippen molar-refractivity contribution in [3.05, 3.63) is 58.8 Å². The molecule has 1 heterocycles. The van der Waals surface area contributed by atoms with Crippen molar-refractivity contribution in [1.82, 2.24) is 10.3 Å². The monoisotopic (exact) mass is 351 g/mol. The summed E-state index contributed by atoms with van der Waals surface area (Å²) < 4.78 is 38.7. The minimum atomic E-state index is -4.44. The number of nitrogens with one attached hydrogen (secondary N) is 2. The molecule has 0 aliphatic rings. The lowest BCUT2D eigenvalue weighted by Crippen LogP contribution is -2.24. The Kier molecular flexibility index (Phi) is 5.41. The fourth-order valence-corrected chi connectivity index (χ4v) is 2.28. The number of nitrogens with zero attached hydrogens (tertiary/aromatic N) is 1. The Labute approximate surface area is 142 Å². The number of hydrogen-bond donors (Lipinski definition) is 2. The van der Waals surface area contributed by atoms with E-state index in [2.05, 4.69) is 15.6 Å². The minimum Gasteiger partial charge on any atom is -0.348 e. The van der Waals surface area contributed by atoms with Crippen LogP contribution >= 0.6 is 0 Å². The normalized spacial score (nSPS) is 11.1. The summed E-state index contributed by atoms with van der Waals surface area (Å²) in [6, 6.07) is 6.66. The average Bonchev–Trinajstić information content (AvgIpc) is 2.52. The molecule has 0 unspecified atom stereocenters. The van der Waals surface area contributed by atoms with Crippen LogP contribution in [-0.4, -0.2) is 16.8 Å². The number of benzene rings is 1. The highest BCUT2D eigenvalue weighted by molar-refractivity contribution is 5.96. The Balaban J connectivity index is 2.12. The van der Waals surface area contributed by atoms with Crippen LogP contribution in [-0.2, 0) is 17.5 Å². The molecule has 8 heteroatoms. The number of carbonyl (C=O) groups excluding carboxylic acids is 2. The van der Waals surface area contributed by atoms with Crippen molar-refractivity contribution in [2.75, 3.05) is 5.32 Å². The molecule has 2 amide bonds. The van der Waals surface area contributed by atoms with E-state index < -0.39 is 17.6 Å². The van der Waals surface area contributed by atoms with Gasteiger partial charge in [0.25, 0.3) is 5.91 Å². The van der Waals surface area contributed by atoms with Gasteiger partial charge in [0.05, 0.1) is 5.56 Å². The molecule has 2 N–H and O–H groups in total. The number of pyridine rings is 1. The molecule has 0 bridgehead atoms. The second kappa shape index (κ2) is 7.33. The lowest BCUT2D eigenvalue weighted by Gasteiger charge is -2.14. The summed E-state index contributed by atoms with van der Waals surface area (Å²) in [5, 5.41) is 5.02. The quantitative estimate of drug-likeness (QED) is 0.888. The highest BCUT2D eigenvalue weighted by Gasteiger charge is 2.32. The summed E-state index contributed by atoms with van der Waals surface area (Å²) in [4.78, 5) is 27.1. The van der Waals surface area contributed by atoms with E-state index in [0.717, 1.165) is 6.07 Å². The standard InChI is InChI=1S/C17H16F3N3O2/c1-10-13(4-3-5-14(10)17(18,19)20)9-22-16(25)12-6-7-21-15(8-12)23-11(2)24/h3-8H,9H2,1-2H3,(H,22,25)(H,21,23,24). The van der Waals surface area contributed by atoms with Gasteiger partial charge in [-0.1, -0.05) is 12.1 Å². The first kappa shape index (κ1) is 18.4. The summed E-state index contributed by atoms with van der Waals surface area (Å²) in [6.45, 7) is 2.63. The number of alkyl halides is 3. The second-order valence-electron chi connectivity index (χ2n) is 5.38. The van der Waals surface area contributed by atoms with Crippen LogP contribution in [0.1, 0.15) is 34.0 Å². The van der Waals surface area contributed by atoms with Crippen molar-refractivity contribution in [2.45, 2.75) is 26.6 Å². The van der Waals surface area contributed by atoms with Crippen molar-refractivity contribution < 1.29 is 22.8 Å². The van der Waals surface area contributed by atoms with Gasteiger partial charge in [0.1, 0.15) is 5.82 Å². The van der Waals surface area contributed by atoms with Crippen molar-refractivity contribution in [1.29, 1.82) is 0 Å². The molecule has 5 nitrogen and oxygen atoms in total. The molecular weight excluding hydrogens is 335 g/mol. The summed E-state index contributed by atoms with van der Waals surface area (Å²) in [6.07, 6.45) is -3.09. The zero-order valence-electron chi connectivity index (χ0n) is 13.6. The van der Waals surface area contributed by atoms with Gasteiger partial charge in [-0.2, -0.15) is 13.2 Å². The maximum Gasteiger partial charge on any atom is 0.416 e. The Morgan fingerprint density at radius 3 is 2.56 bits per heavy atom. The number of rotatable bonds is 4. The van der Waals surface area contributed by atoms with E-state index >= 15 is 0 Å². The molecule has 0 radical (unpaired) electrons. The van der Waals surface area contributed by atoms with Crippen molar-refractivity contribution >= 4 is 17.6 Å². The molecule has 0 aliphatic heterocycles. The molecule has 1 aromatic heterocycles. The number of hydrogen-bond acceptors (Lipinski definition) is 3. The molecule has 25 heavy (non-hydrogen) atoms. The zero-order chi connectivity index (χ0) is 18.6. The maximum atomic E-state index is 12.9. The third kappa shape index (κ3) is 4.79. The van der Waals surface area contributed by atoms with Crippen LogP contribution in [0.2, 0.25) is 0 Å². The number of halogens is 3. The largest absolute Gasteiger partial charge is 0.416 e. The van der Waals surface area contributed by atoms with E-state index in [4.69, 9.17) is 0 Å². The SMILES string of the molecule is CC(=O)Nc1cc(C(=O)NCc2cccc(C(F)(F)F)c2C)ccn1. The summed E-state index contributed by atoms with van der Waals surface area (Å²) >= 11 is 0. The van der Waals surface area contributed by atoms with Crippen molar-refractivity contribution in [3.63, 3.8) is 0 Å². The smallest absolute Gasteiger partial charge is 0.348 e. The first-order valence-corrected chi connectivity index (χ1v) is 7.36. The lowest BCUT2D eigenvalue weighted by atomic mass is 10.0. The highest BCUT2D eigenvalue weighted by atomic mass is 19.4. The van der Waals surface area contributed by atoms with Crippen LogP contribution in [0, 0.1) is 6.92 Å². The lowest BCUT2D eigenvalue weighted by molar-refractivity contribution is -0.138. The van der Waals surface area contributed by atoms with Gasteiger partial charge in [0.2, 0.25) is 5.91 Å². The van der Waals surface area contributed by atoms with Gasteiger partial charge in [-0.05, 0) is 36.2 Å². The summed E-state index contributed by atoms with van der Waals surface area (Å²) in [5.41, 5.74) is -0.0391. The van der Waals surface area contributed by atoms with Gasteiger partial charge in [-0.3, -0.25) is 9.59 Å². The minimum absolute atomic E-state index is 0.0492. The molecule has 0 fully saturated rings. The second-order valence-corrected chi connectivity index (χ2v) is 5.38.